The molecule has 1 aliphatic rings. The van der Waals surface area contributed by atoms with Crippen molar-refractivity contribution in [3.05, 3.63) is 144 Å². The molecule has 0 N–H and O–H groups in total. The van der Waals surface area contributed by atoms with Crippen molar-refractivity contribution >= 4 is 22.8 Å². The van der Waals surface area contributed by atoms with Gasteiger partial charge in [0.15, 0.2) is 5.60 Å². The number of esters is 1. The van der Waals surface area contributed by atoms with E-state index >= 15 is 0 Å². The summed E-state index contributed by atoms with van der Waals surface area (Å²) in [5, 5.41) is 1.84. The first kappa shape index (κ1) is 27.5. The molecule has 0 bridgehead atoms. The first-order valence-electron chi connectivity index (χ1n) is 14.1. The lowest BCUT2D eigenvalue weighted by Gasteiger charge is -2.37. The molecular formula is C37H32O5. The summed E-state index contributed by atoms with van der Waals surface area (Å²) >= 11 is 0. The summed E-state index contributed by atoms with van der Waals surface area (Å²) in [4.78, 5) is 14.0. The van der Waals surface area contributed by atoms with Crippen LogP contribution in [0.25, 0.3) is 28.0 Å². The van der Waals surface area contributed by atoms with Gasteiger partial charge in [0.1, 0.15) is 12.4 Å². The fraction of sp³-hybridized carbons (Fsp3) is 0.162. The standard InChI is InChI=1S/C37H32O5/c1-39-23-24-40-25-26-41-36(38)34-32-21-22-37(28-15-7-3-8-16-28,29-17-9-4-10-18-29)42-35(32)31-20-12-11-19-30(31)33(34)27-13-5-2-6-14-27/h2-22H,23-26H2,1H3. The van der Waals surface area contributed by atoms with Crippen molar-refractivity contribution < 1.29 is 23.7 Å². The predicted octanol–water partition coefficient (Wildman–Crippen LogP) is 7.68. The molecular weight excluding hydrogens is 524 g/mol. The first-order valence-corrected chi connectivity index (χ1v) is 14.1. The van der Waals surface area contributed by atoms with Gasteiger partial charge in [-0.15, -0.1) is 0 Å². The molecule has 1 heterocycles. The molecule has 0 atom stereocenters. The van der Waals surface area contributed by atoms with Crippen molar-refractivity contribution in [2.24, 2.45) is 0 Å². The van der Waals surface area contributed by atoms with Crippen LogP contribution in [-0.2, 0) is 19.8 Å². The number of rotatable bonds is 10. The fourth-order valence-electron chi connectivity index (χ4n) is 5.57. The van der Waals surface area contributed by atoms with E-state index in [0.717, 1.165) is 33.0 Å². The van der Waals surface area contributed by atoms with Gasteiger partial charge in [-0.2, -0.15) is 0 Å². The van der Waals surface area contributed by atoms with E-state index in [0.29, 0.717) is 30.1 Å². The van der Waals surface area contributed by atoms with Crippen molar-refractivity contribution in [1.82, 2.24) is 0 Å². The third-order valence-corrected chi connectivity index (χ3v) is 7.52. The summed E-state index contributed by atoms with van der Waals surface area (Å²) in [5.41, 5.74) is 4.01. The maximum atomic E-state index is 14.0. The Labute approximate surface area is 245 Å². The van der Waals surface area contributed by atoms with E-state index in [1.807, 2.05) is 97.1 Å². The molecule has 0 radical (unpaired) electrons. The molecule has 0 spiro atoms. The molecule has 0 amide bonds. The van der Waals surface area contributed by atoms with E-state index in [1.165, 1.54) is 0 Å². The molecule has 0 saturated heterocycles. The maximum absolute atomic E-state index is 14.0. The molecule has 0 unspecified atom stereocenters. The second-order valence-corrected chi connectivity index (χ2v) is 10.0. The maximum Gasteiger partial charge on any atom is 0.339 e. The average Bonchev–Trinajstić information content (AvgIpc) is 3.06. The second-order valence-electron chi connectivity index (χ2n) is 10.0. The minimum Gasteiger partial charge on any atom is -0.472 e. The van der Waals surface area contributed by atoms with Crippen molar-refractivity contribution in [2.45, 2.75) is 5.60 Å². The smallest absolute Gasteiger partial charge is 0.339 e. The minimum absolute atomic E-state index is 0.126. The van der Waals surface area contributed by atoms with Gasteiger partial charge in [0, 0.05) is 34.7 Å². The van der Waals surface area contributed by atoms with Crippen LogP contribution in [0, 0.1) is 0 Å². The van der Waals surface area contributed by atoms with Crippen LogP contribution in [0.2, 0.25) is 0 Å². The number of benzene rings is 5. The van der Waals surface area contributed by atoms with Crippen molar-refractivity contribution in [1.29, 1.82) is 0 Å². The SMILES string of the molecule is COCCOCCOC(=O)c1c2c(c3ccccc3c1-c1ccccc1)OC(c1ccccc1)(c1ccccc1)C=C2. The predicted molar refractivity (Wildman–Crippen MR) is 166 cm³/mol. The van der Waals surface area contributed by atoms with Gasteiger partial charge in [0.05, 0.1) is 25.4 Å². The van der Waals surface area contributed by atoms with Gasteiger partial charge in [-0.25, -0.2) is 4.79 Å². The number of methoxy groups -OCH3 is 1. The molecule has 5 heteroatoms. The molecule has 0 saturated carbocycles. The number of fused-ring (bicyclic) bond motifs is 3. The molecule has 0 fully saturated rings. The number of carbonyl (C=O) groups excluding carboxylic acids is 1. The highest BCUT2D eigenvalue weighted by Gasteiger charge is 2.39. The zero-order valence-corrected chi connectivity index (χ0v) is 23.5. The third kappa shape index (κ3) is 5.20. The van der Waals surface area contributed by atoms with Crippen molar-refractivity contribution in [3.8, 4) is 16.9 Å². The summed E-state index contributed by atoms with van der Waals surface area (Å²) < 4.78 is 23.5. The van der Waals surface area contributed by atoms with Crippen LogP contribution >= 0.6 is 0 Å². The Morgan fingerprint density at radius 1 is 0.690 bits per heavy atom. The zero-order valence-electron chi connectivity index (χ0n) is 23.5. The van der Waals surface area contributed by atoms with Gasteiger partial charge in [-0.1, -0.05) is 115 Å². The van der Waals surface area contributed by atoms with Crippen LogP contribution in [0.4, 0.5) is 0 Å². The van der Waals surface area contributed by atoms with E-state index in [4.69, 9.17) is 18.9 Å². The van der Waals surface area contributed by atoms with Crippen LogP contribution in [0.5, 0.6) is 5.75 Å². The summed E-state index contributed by atoms with van der Waals surface area (Å²) in [6.07, 6.45) is 4.07. The lowest BCUT2D eigenvalue weighted by molar-refractivity contribution is 0.0213. The molecule has 6 rings (SSSR count). The Bertz CT molecular complexity index is 1660. The van der Waals surface area contributed by atoms with Crippen molar-refractivity contribution in [3.63, 3.8) is 0 Å². The van der Waals surface area contributed by atoms with Crippen LogP contribution in [0.15, 0.2) is 121 Å². The highest BCUT2D eigenvalue weighted by Crippen LogP contribution is 2.49. The normalized spacial score (nSPS) is 13.4. The van der Waals surface area contributed by atoms with Gasteiger partial charge < -0.3 is 18.9 Å². The molecule has 210 valence electrons. The molecule has 42 heavy (non-hydrogen) atoms. The van der Waals surface area contributed by atoms with Crippen LogP contribution < -0.4 is 4.74 Å². The van der Waals surface area contributed by atoms with E-state index in [2.05, 4.69) is 30.3 Å². The summed E-state index contributed by atoms with van der Waals surface area (Å²) in [6.45, 7) is 1.33. The van der Waals surface area contributed by atoms with Crippen LogP contribution in [-0.4, -0.2) is 39.5 Å². The third-order valence-electron chi connectivity index (χ3n) is 7.52. The Kier molecular flexibility index (Phi) is 8.13. The number of carbonyl (C=O) groups is 1. The largest absolute Gasteiger partial charge is 0.472 e. The average molecular weight is 557 g/mol. The van der Waals surface area contributed by atoms with Gasteiger partial charge >= 0.3 is 5.97 Å². The molecule has 1 aliphatic heterocycles. The van der Waals surface area contributed by atoms with Gasteiger partial charge in [-0.05, 0) is 23.1 Å². The molecule has 5 aromatic rings. The highest BCUT2D eigenvalue weighted by molar-refractivity contribution is 6.14. The van der Waals surface area contributed by atoms with E-state index in [9.17, 15) is 4.79 Å². The van der Waals surface area contributed by atoms with E-state index in [1.54, 1.807) is 7.11 Å². The lowest BCUT2D eigenvalue weighted by Crippen LogP contribution is -2.34. The zero-order chi connectivity index (χ0) is 28.8. The van der Waals surface area contributed by atoms with Gasteiger partial charge in [0.25, 0.3) is 0 Å². The topological polar surface area (TPSA) is 54.0 Å². The summed E-state index contributed by atoms with van der Waals surface area (Å²) in [7, 11) is 1.62. The summed E-state index contributed by atoms with van der Waals surface area (Å²) in [6, 6.07) is 38.4. The van der Waals surface area contributed by atoms with Crippen LogP contribution in [0.3, 0.4) is 0 Å². The van der Waals surface area contributed by atoms with Gasteiger partial charge in [-0.3, -0.25) is 0 Å². The quantitative estimate of drug-likeness (QED) is 0.130. The lowest BCUT2D eigenvalue weighted by atomic mass is 9.81. The van der Waals surface area contributed by atoms with E-state index < -0.39 is 11.6 Å². The second kappa shape index (κ2) is 12.4. The summed E-state index contributed by atoms with van der Waals surface area (Å²) in [5.74, 6) is 0.218. The molecule has 0 aliphatic carbocycles. The van der Waals surface area contributed by atoms with Gasteiger partial charge in [0.2, 0.25) is 0 Å². The number of hydrogen-bond donors (Lipinski definition) is 0. The molecule has 5 aromatic carbocycles. The Morgan fingerprint density at radius 3 is 1.90 bits per heavy atom. The minimum atomic E-state index is -0.886. The number of ether oxygens (including phenoxy) is 4. The first-order chi connectivity index (χ1) is 20.7. The van der Waals surface area contributed by atoms with Crippen LogP contribution in [0.1, 0.15) is 27.0 Å². The Morgan fingerprint density at radius 2 is 1.26 bits per heavy atom. The molecule has 0 aromatic heterocycles. The van der Waals surface area contributed by atoms with E-state index in [-0.39, 0.29) is 13.2 Å². The number of hydrogen-bond acceptors (Lipinski definition) is 5. The Balaban J connectivity index is 1.54. The molecule has 5 nitrogen and oxygen atoms in total. The monoisotopic (exact) mass is 556 g/mol. The Hall–Kier alpha value is -4.71. The van der Waals surface area contributed by atoms with Crippen molar-refractivity contribution in [2.75, 3.05) is 33.5 Å². The fourth-order valence-corrected chi connectivity index (χ4v) is 5.57. The highest BCUT2D eigenvalue weighted by atomic mass is 16.6.